The van der Waals surface area contributed by atoms with Crippen molar-refractivity contribution in [3.63, 3.8) is 0 Å². The summed E-state index contributed by atoms with van der Waals surface area (Å²) in [5.74, 6) is -0.594. The van der Waals surface area contributed by atoms with Crippen molar-refractivity contribution in [3.05, 3.63) is 59.2 Å². The average molecular weight is 460 g/mol. The van der Waals surface area contributed by atoms with E-state index in [0.29, 0.717) is 29.9 Å². The predicted molar refractivity (Wildman–Crippen MR) is 128 cm³/mol. The van der Waals surface area contributed by atoms with Crippen LogP contribution >= 0.6 is 0 Å². The van der Waals surface area contributed by atoms with Gasteiger partial charge in [-0.3, -0.25) is 9.59 Å². The lowest BCUT2D eigenvalue weighted by Crippen LogP contribution is -2.42. The highest BCUT2D eigenvalue weighted by Crippen LogP contribution is 2.21. The number of aryl methyl sites for hydroxylation is 1. The van der Waals surface area contributed by atoms with Crippen LogP contribution in [0.4, 0.5) is 5.69 Å². The summed E-state index contributed by atoms with van der Waals surface area (Å²) in [5.41, 5.74) is 1.65. The Morgan fingerprint density at radius 3 is 2.06 bits per heavy atom. The lowest BCUT2D eigenvalue weighted by Gasteiger charge is -2.24. The fraction of sp³-hybridized carbons (Fsp3) is 0.417. The number of rotatable bonds is 9. The Bertz CT molecular complexity index is 1070. The molecule has 0 aliphatic rings. The van der Waals surface area contributed by atoms with E-state index in [4.69, 9.17) is 0 Å². The fourth-order valence-corrected chi connectivity index (χ4v) is 4.57. The van der Waals surface area contributed by atoms with Crippen LogP contribution in [0.15, 0.2) is 47.4 Å². The predicted octanol–water partition coefficient (Wildman–Crippen LogP) is 4.20. The highest BCUT2D eigenvalue weighted by molar-refractivity contribution is 7.89. The van der Waals surface area contributed by atoms with Crippen LogP contribution in [0.5, 0.6) is 0 Å². The summed E-state index contributed by atoms with van der Waals surface area (Å²) in [4.78, 5) is 25.4. The Labute approximate surface area is 191 Å². The van der Waals surface area contributed by atoms with Gasteiger partial charge in [-0.05, 0) is 69.2 Å². The first-order valence-electron chi connectivity index (χ1n) is 10.8. The number of carbonyl (C=O) groups excluding carboxylic acids is 2. The van der Waals surface area contributed by atoms with Gasteiger partial charge in [0.05, 0.1) is 4.90 Å². The summed E-state index contributed by atoms with van der Waals surface area (Å²) in [7, 11) is -3.67. The van der Waals surface area contributed by atoms with Gasteiger partial charge in [-0.1, -0.05) is 26.8 Å². The van der Waals surface area contributed by atoms with Crippen molar-refractivity contribution in [1.29, 1.82) is 0 Å². The van der Waals surface area contributed by atoms with E-state index >= 15 is 0 Å². The monoisotopic (exact) mass is 459 g/mol. The van der Waals surface area contributed by atoms with Gasteiger partial charge in [0, 0.05) is 35.4 Å². The van der Waals surface area contributed by atoms with Crippen molar-refractivity contribution < 1.29 is 18.0 Å². The molecule has 0 bridgehead atoms. The number of nitrogens with one attached hydrogen (secondary N) is 2. The number of anilines is 1. The molecule has 0 aliphatic carbocycles. The maximum atomic E-state index is 12.9. The Morgan fingerprint density at radius 1 is 0.938 bits per heavy atom. The fourth-order valence-electron chi connectivity index (χ4n) is 3.09. The molecule has 0 fully saturated rings. The Balaban J connectivity index is 2.22. The van der Waals surface area contributed by atoms with E-state index in [9.17, 15) is 18.0 Å². The highest BCUT2D eigenvalue weighted by Gasteiger charge is 2.24. The third-order valence-electron chi connectivity index (χ3n) is 5.54. The van der Waals surface area contributed by atoms with Crippen LogP contribution in [-0.4, -0.2) is 43.2 Å². The van der Waals surface area contributed by atoms with E-state index in [2.05, 4.69) is 10.6 Å². The van der Waals surface area contributed by atoms with E-state index in [1.165, 1.54) is 16.4 Å². The van der Waals surface area contributed by atoms with Crippen molar-refractivity contribution in [1.82, 2.24) is 9.62 Å². The molecule has 7 nitrogen and oxygen atoms in total. The van der Waals surface area contributed by atoms with Gasteiger partial charge in [-0.25, -0.2) is 8.42 Å². The van der Waals surface area contributed by atoms with E-state index in [0.717, 1.165) is 6.42 Å². The van der Waals surface area contributed by atoms with Gasteiger partial charge in [0.1, 0.15) is 0 Å². The number of sulfonamides is 1. The summed E-state index contributed by atoms with van der Waals surface area (Å²) in [5, 5.41) is 5.75. The molecule has 2 amide bonds. The SMILES string of the molecule is CCN(CC)S(=O)(=O)c1ccc(C)c(C(=O)Nc2ccc(C(=O)NC(C)(C)CC)cc2)c1. The van der Waals surface area contributed by atoms with Gasteiger partial charge in [0.15, 0.2) is 0 Å². The van der Waals surface area contributed by atoms with Crippen LogP contribution in [0.1, 0.15) is 67.3 Å². The highest BCUT2D eigenvalue weighted by atomic mass is 32.2. The topological polar surface area (TPSA) is 95.6 Å². The van der Waals surface area contributed by atoms with Gasteiger partial charge in [0.2, 0.25) is 10.0 Å². The van der Waals surface area contributed by atoms with Crippen LogP contribution in [0.2, 0.25) is 0 Å². The van der Waals surface area contributed by atoms with Crippen molar-refractivity contribution in [2.24, 2.45) is 0 Å². The zero-order chi connectivity index (χ0) is 24.1. The quantitative estimate of drug-likeness (QED) is 0.588. The minimum atomic E-state index is -3.67. The first-order chi connectivity index (χ1) is 14.9. The molecule has 0 spiro atoms. The van der Waals surface area contributed by atoms with Gasteiger partial charge in [-0.15, -0.1) is 0 Å². The molecule has 0 aliphatic heterocycles. The second-order valence-corrected chi connectivity index (χ2v) is 10.2. The lowest BCUT2D eigenvalue weighted by atomic mass is 10.0. The van der Waals surface area contributed by atoms with Crippen molar-refractivity contribution in [2.45, 2.75) is 58.4 Å². The number of benzene rings is 2. The zero-order valence-electron chi connectivity index (χ0n) is 19.7. The van der Waals surface area contributed by atoms with Crippen LogP contribution in [0.25, 0.3) is 0 Å². The maximum absolute atomic E-state index is 12.9. The molecule has 0 aromatic heterocycles. The molecule has 2 aromatic carbocycles. The van der Waals surface area contributed by atoms with Gasteiger partial charge < -0.3 is 10.6 Å². The van der Waals surface area contributed by atoms with E-state index in [-0.39, 0.29) is 21.9 Å². The number of carbonyl (C=O) groups is 2. The molecular weight excluding hydrogens is 426 g/mol. The normalized spacial score (nSPS) is 12.0. The Kier molecular flexibility index (Phi) is 8.20. The standard InChI is InChI=1S/C24H33N3O4S/c1-7-24(5,6)26-22(28)18-11-13-19(14-12-18)25-23(29)21-16-20(15-10-17(21)4)32(30,31)27(8-2)9-3/h10-16H,7-9H2,1-6H3,(H,25,29)(H,26,28). The van der Waals surface area contributed by atoms with Gasteiger partial charge >= 0.3 is 0 Å². The molecule has 8 heteroatoms. The largest absolute Gasteiger partial charge is 0.347 e. The van der Waals surface area contributed by atoms with Crippen molar-refractivity contribution in [2.75, 3.05) is 18.4 Å². The average Bonchev–Trinajstić information content (AvgIpc) is 2.74. The smallest absolute Gasteiger partial charge is 0.255 e. The van der Waals surface area contributed by atoms with Crippen LogP contribution in [0.3, 0.4) is 0 Å². The third-order valence-corrected chi connectivity index (χ3v) is 7.58. The summed E-state index contributed by atoms with van der Waals surface area (Å²) in [6.07, 6.45) is 0.801. The molecule has 0 radical (unpaired) electrons. The van der Waals surface area contributed by atoms with E-state index < -0.39 is 15.9 Å². The molecule has 0 heterocycles. The number of amides is 2. The van der Waals surface area contributed by atoms with Gasteiger partial charge in [-0.2, -0.15) is 4.31 Å². The summed E-state index contributed by atoms with van der Waals surface area (Å²) < 4.78 is 27.0. The molecule has 2 rings (SSSR count). The second-order valence-electron chi connectivity index (χ2n) is 8.29. The Hall–Kier alpha value is -2.71. The molecule has 0 unspecified atom stereocenters. The number of hydrogen-bond acceptors (Lipinski definition) is 4. The molecule has 0 saturated carbocycles. The van der Waals surface area contributed by atoms with Crippen LogP contribution in [-0.2, 0) is 10.0 Å². The van der Waals surface area contributed by atoms with Gasteiger partial charge in [0.25, 0.3) is 11.8 Å². The molecular formula is C24H33N3O4S. The Morgan fingerprint density at radius 2 is 1.53 bits per heavy atom. The first-order valence-corrected chi connectivity index (χ1v) is 12.2. The van der Waals surface area contributed by atoms with Crippen molar-refractivity contribution in [3.8, 4) is 0 Å². The van der Waals surface area contributed by atoms with Crippen LogP contribution < -0.4 is 10.6 Å². The van der Waals surface area contributed by atoms with Crippen molar-refractivity contribution >= 4 is 27.5 Å². The zero-order valence-corrected chi connectivity index (χ0v) is 20.5. The van der Waals surface area contributed by atoms with E-state index in [1.807, 2.05) is 20.8 Å². The number of nitrogens with zero attached hydrogens (tertiary/aromatic N) is 1. The third kappa shape index (κ3) is 5.95. The lowest BCUT2D eigenvalue weighted by molar-refractivity contribution is 0.0910. The van der Waals surface area contributed by atoms with E-state index in [1.54, 1.807) is 51.1 Å². The first kappa shape index (κ1) is 25.5. The minimum Gasteiger partial charge on any atom is -0.347 e. The minimum absolute atomic E-state index is 0.0857. The molecule has 2 N–H and O–H groups in total. The molecule has 0 atom stereocenters. The molecule has 2 aromatic rings. The summed E-state index contributed by atoms with van der Waals surface area (Å²) >= 11 is 0. The second kappa shape index (κ2) is 10.3. The number of hydrogen-bond donors (Lipinski definition) is 2. The molecule has 32 heavy (non-hydrogen) atoms. The maximum Gasteiger partial charge on any atom is 0.255 e. The molecule has 174 valence electrons. The summed E-state index contributed by atoms with van der Waals surface area (Å²) in [6.45, 7) is 11.9. The summed E-state index contributed by atoms with van der Waals surface area (Å²) in [6, 6.07) is 11.1. The molecule has 0 saturated heterocycles. The van der Waals surface area contributed by atoms with Crippen LogP contribution in [0, 0.1) is 6.92 Å².